The minimum Gasteiger partial charge on any atom is -0.341 e. The van der Waals surface area contributed by atoms with Gasteiger partial charge in [-0.2, -0.15) is 0 Å². The highest BCUT2D eigenvalue weighted by Crippen LogP contribution is 2.27. The molecule has 7 heteroatoms. The van der Waals surface area contributed by atoms with Crippen LogP contribution in [0.3, 0.4) is 0 Å². The summed E-state index contributed by atoms with van der Waals surface area (Å²) in [5, 5.41) is 9.92. The van der Waals surface area contributed by atoms with E-state index in [0.717, 1.165) is 12.5 Å². The van der Waals surface area contributed by atoms with Crippen LogP contribution in [0.2, 0.25) is 0 Å². The quantitative estimate of drug-likeness (QED) is 0.923. The number of hydrogen-bond acceptors (Lipinski definition) is 3. The molecule has 1 amide bonds. The van der Waals surface area contributed by atoms with E-state index in [9.17, 15) is 13.6 Å². The minimum absolute atomic E-state index is 0.329. The summed E-state index contributed by atoms with van der Waals surface area (Å²) in [6, 6.07) is 6.78. The van der Waals surface area contributed by atoms with Crippen LogP contribution in [0.4, 0.5) is 8.78 Å². The van der Waals surface area contributed by atoms with Gasteiger partial charge in [0.15, 0.2) is 0 Å². The molecule has 22 heavy (non-hydrogen) atoms. The summed E-state index contributed by atoms with van der Waals surface area (Å²) in [7, 11) is 0. The molecule has 5 nitrogen and oxygen atoms in total. The molecule has 118 valence electrons. The monoisotopic (exact) mass is 308 g/mol. The van der Waals surface area contributed by atoms with Gasteiger partial charge < -0.3 is 5.32 Å². The number of amides is 1. The molecule has 0 saturated heterocycles. The lowest BCUT2D eigenvalue weighted by Gasteiger charge is -2.32. The molecule has 0 spiro atoms. The van der Waals surface area contributed by atoms with Crippen molar-refractivity contribution in [3.05, 3.63) is 47.8 Å². The van der Waals surface area contributed by atoms with E-state index in [-0.39, 0.29) is 0 Å². The summed E-state index contributed by atoms with van der Waals surface area (Å²) < 4.78 is 28.6. The summed E-state index contributed by atoms with van der Waals surface area (Å²) in [4.78, 5) is 12.2. The Labute approximate surface area is 127 Å². The molecule has 0 fully saturated rings. The molecule has 2 rings (SSSR count). The van der Waals surface area contributed by atoms with Crippen LogP contribution in [0.1, 0.15) is 36.7 Å². The van der Waals surface area contributed by atoms with E-state index in [4.69, 9.17) is 0 Å². The number of halogens is 2. The molecule has 0 saturated carbocycles. The number of nitrogens with zero attached hydrogens (tertiary/aromatic N) is 3. The van der Waals surface area contributed by atoms with Crippen molar-refractivity contribution in [2.45, 2.75) is 38.8 Å². The number of aromatic nitrogens is 3. The molecule has 2 aromatic rings. The molecule has 0 bridgehead atoms. The Morgan fingerprint density at radius 3 is 2.64 bits per heavy atom. The highest BCUT2D eigenvalue weighted by molar-refractivity contribution is 5.94. The number of hydrogen-bond donors (Lipinski definition) is 1. The number of carbonyl (C=O) groups excluding carboxylic acids is 1. The standard InChI is InChI=1S/C15H18F2N4O/c1-14(2,15(3,16)17)19-13(22)12-6-4-5-11(9-12)10-21-8-7-18-20-21/h4-9H,10H2,1-3H3,(H,19,22). The van der Waals surface area contributed by atoms with Gasteiger partial charge in [-0.15, -0.1) is 5.10 Å². The molecule has 0 radical (unpaired) electrons. The van der Waals surface area contributed by atoms with Crippen LogP contribution in [0.25, 0.3) is 0 Å². The molecule has 0 atom stereocenters. The molecule has 0 aliphatic heterocycles. The van der Waals surface area contributed by atoms with Crippen LogP contribution >= 0.6 is 0 Å². The molecule has 1 aromatic carbocycles. The predicted molar refractivity (Wildman–Crippen MR) is 77.7 cm³/mol. The maximum atomic E-state index is 13.5. The normalized spacial score (nSPS) is 12.2. The number of carbonyl (C=O) groups is 1. The third-order valence-corrected chi connectivity index (χ3v) is 3.53. The second-order valence-corrected chi connectivity index (χ2v) is 5.77. The van der Waals surface area contributed by atoms with Gasteiger partial charge in [-0.25, -0.2) is 13.5 Å². The van der Waals surface area contributed by atoms with E-state index in [1.54, 1.807) is 35.3 Å². The van der Waals surface area contributed by atoms with Crippen LogP contribution in [0, 0.1) is 0 Å². The Bertz CT molecular complexity index is 648. The van der Waals surface area contributed by atoms with Crippen LogP contribution in [-0.2, 0) is 6.54 Å². The van der Waals surface area contributed by atoms with Crippen LogP contribution in [0.5, 0.6) is 0 Å². The van der Waals surface area contributed by atoms with Gasteiger partial charge in [-0.3, -0.25) is 4.79 Å². The van der Waals surface area contributed by atoms with E-state index < -0.39 is 17.4 Å². The summed E-state index contributed by atoms with van der Waals surface area (Å²) in [5.41, 5.74) is -0.472. The first-order chi connectivity index (χ1) is 10.2. The van der Waals surface area contributed by atoms with Gasteiger partial charge in [-0.05, 0) is 31.5 Å². The highest BCUT2D eigenvalue weighted by atomic mass is 19.3. The van der Waals surface area contributed by atoms with Gasteiger partial charge in [0.1, 0.15) is 0 Å². The Balaban J connectivity index is 2.14. The number of alkyl halides is 2. The van der Waals surface area contributed by atoms with E-state index >= 15 is 0 Å². The smallest absolute Gasteiger partial charge is 0.267 e. The first-order valence-corrected chi connectivity index (χ1v) is 6.82. The zero-order valence-electron chi connectivity index (χ0n) is 12.7. The van der Waals surface area contributed by atoms with Crippen molar-refractivity contribution in [3.8, 4) is 0 Å². The SMILES string of the molecule is CC(F)(F)C(C)(C)NC(=O)c1cccc(Cn2ccnn2)c1. The van der Waals surface area contributed by atoms with Gasteiger partial charge in [-0.1, -0.05) is 17.3 Å². The second-order valence-electron chi connectivity index (χ2n) is 5.77. The van der Waals surface area contributed by atoms with E-state index in [1.165, 1.54) is 13.8 Å². The topological polar surface area (TPSA) is 59.8 Å². The Morgan fingerprint density at radius 1 is 1.32 bits per heavy atom. The first kappa shape index (κ1) is 16.1. The largest absolute Gasteiger partial charge is 0.341 e. The van der Waals surface area contributed by atoms with Gasteiger partial charge in [0.05, 0.1) is 18.3 Å². The molecular formula is C15H18F2N4O. The summed E-state index contributed by atoms with van der Waals surface area (Å²) >= 11 is 0. The Morgan fingerprint density at radius 2 is 2.05 bits per heavy atom. The predicted octanol–water partition coefficient (Wildman–Crippen LogP) is 2.49. The van der Waals surface area contributed by atoms with Gasteiger partial charge in [0.25, 0.3) is 11.8 Å². The van der Waals surface area contributed by atoms with Crippen molar-refractivity contribution in [1.29, 1.82) is 0 Å². The first-order valence-electron chi connectivity index (χ1n) is 6.82. The average Bonchev–Trinajstić information content (AvgIpc) is 2.90. The van der Waals surface area contributed by atoms with Gasteiger partial charge in [0.2, 0.25) is 0 Å². The van der Waals surface area contributed by atoms with E-state index in [2.05, 4.69) is 15.6 Å². The zero-order valence-corrected chi connectivity index (χ0v) is 12.7. The van der Waals surface area contributed by atoms with Crippen LogP contribution in [0.15, 0.2) is 36.7 Å². The number of benzene rings is 1. The third-order valence-electron chi connectivity index (χ3n) is 3.53. The fourth-order valence-corrected chi connectivity index (χ4v) is 1.78. The summed E-state index contributed by atoms with van der Waals surface area (Å²) in [5.74, 6) is -3.56. The fourth-order valence-electron chi connectivity index (χ4n) is 1.78. The molecule has 0 unspecified atom stereocenters. The van der Waals surface area contributed by atoms with E-state index in [1.807, 2.05) is 6.07 Å². The van der Waals surface area contributed by atoms with Gasteiger partial charge in [0, 0.05) is 18.7 Å². The zero-order chi connectivity index (χ0) is 16.4. The lowest BCUT2D eigenvalue weighted by atomic mass is 9.96. The van der Waals surface area contributed by atoms with Crippen LogP contribution in [-0.4, -0.2) is 32.4 Å². The lowest BCUT2D eigenvalue weighted by molar-refractivity contribution is -0.0547. The Hall–Kier alpha value is -2.31. The van der Waals surface area contributed by atoms with Crippen molar-refractivity contribution in [2.75, 3.05) is 0 Å². The van der Waals surface area contributed by atoms with Gasteiger partial charge >= 0.3 is 0 Å². The van der Waals surface area contributed by atoms with Crippen molar-refractivity contribution in [1.82, 2.24) is 20.3 Å². The Kier molecular flexibility index (Phi) is 4.25. The van der Waals surface area contributed by atoms with Crippen molar-refractivity contribution in [3.63, 3.8) is 0 Å². The molecule has 0 aliphatic rings. The summed E-state index contributed by atoms with van der Waals surface area (Å²) in [6.07, 6.45) is 3.26. The molecule has 1 heterocycles. The van der Waals surface area contributed by atoms with Crippen molar-refractivity contribution < 1.29 is 13.6 Å². The van der Waals surface area contributed by atoms with Crippen LogP contribution < -0.4 is 5.32 Å². The highest BCUT2D eigenvalue weighted by Gasteiger charge is 2.43. The maximum absolute atomic E-state index is 13.5. The number of nitrogens with one attached hydrogen (secondary N) is 1. The van der Waals surface area contributed by atoms with Crippen molar-refractivity contribution in [2.24, 2.45) is 0 Å². The second kappa shape index (κ2) is 5.82. The molecular weight excluding hydrogens is 290 g/mol. The summed E-state index contributed by atoms with van der Waals surface area (Å²) in [6.45, 7) is 3.83. The minimum atomic E-state index is -3.03. The molecule has 0 aliphatic carbocycles. The number of rotatable bonds is 5. The average molecular weight is 308 g/mol. The van der Waals surface area contributed by atoms with E-state index in [0.29, 0.717) is 12.1 Å². The fraction of sp³-hybridized carbons (Fsp3) is 0.400. The van der Waals surface area contributed by atoms with Crippen molar-refractivity contribution >= 4 is 5.91 Å². The third kappa shape index (κ3) is 3.66. The maximum Gasteiger partial charge on any atom is 0.267 e. The molecule has 1 N–H and O–H groups in total. The lowest BCUT2D eigenvalue weighted by Crippen LogP contribution is -2.54. The molecule has 1 aromatic heterocycles.